The Hall–Kier alpha value is -4.59. The Morgan fingerprint density at radius 3 is 2.44 bits per heavy atom. The van der Waals surface area contributed by atoms with Crippen LogP contribution in [0.5, 0.6) is 11.5 Å². The van der Waals surface area contributed by atoms with Crippen LogP contribution in [0.15, 0.2) is 66.2 Å². The van der Waals surface area contributed by atoms with Crippen molar-refractivity contribution in [2.24, 2.45) is 5.92 Å². The number of rotatable bonds is 7. The third-order valence-corrected chi connectivity index (χ3v) is 6.88. The molecule has 0 saturated carbocycles. The zero-order valence-electron chi connectivity index (χ0n) is 22.6. The Kier molecular flexibility index (Phi) is 6.87. The Balaban J connectivity index is 1.66. The molecule has 1 saturated heterocycles. The molecule has 1 aromatic heterocycles. The van der Waals surface area contributed by atoms with Gasteiger partial charge >= 0.3 is 5.91 Å². The van der Waals surface area contributed by atoms with E-state index in [2.05, 4.69) is 9.97 Å². The number of fused-ring (bicyclic) bond motifs is 1. The van der Waals surface area contributed by atoms with Gasteiger partial charge in [0.25, 0.3) is 5.78 Å². The molecule has 0 bridgehead atoms. The highest BCUT2D eigenvalue weighted by atomic mass is 16.5. The molecule has 1 amide bonds. The fraction of sp³-hybridized carbons (Fsp3) is 0.258. The first kappa shape index (κ1) is 26.0. The van der Waals surface area contributed by atoms with Crippen molar-refractivity contribution in [1.29, 1.82) is 0 Å². The van der Waals surface area contributed by atoms with E-state index in [1.54, 1.807) is 55.6 Å². The van der Waals surface area contributed by atoms with Crippen LogP contribution in [0.3, 0.4) is 0 Å². The summed E-state index contributed by atoms with van der Waals surface area (Å²) in [5.41, 5.74) is 4.54. The molecule has 1 unspecified atom stereocenters. The number of ether oxygens (including phenoxy) is 2. The molecule has 0 radical (unpaired) electrons. The average Bonchev–Trinajstić information content (AvgIpc) is 3.44. The van der Waals surface area contributed by atoms with Gasteiger partial charge in [-0.1, -0.05) is 38.1 Å². The Bertz CT molecular complexity index is 1560. The molecular formula is C31H31N3O5. The summed E-state index contributed by atoms with van der Waals surface area (Å²) in [5.74, 6) is -0.127. The van der Waals surface area contributed by atoms with Gasteiger partial charge in [0.1, 0.15) is 17.3 Å². The van der Waals surface area contributed by atoms with Crippen LogP contribution in [0.4, 0.5) is 5.95 Å². The summed E-state index contributed by atoms with van der Waals surface area (Å²) in [6.07, 6.45) is 0. The van der Waals surface area contributed by atoms with Crippen LogP contribution in [0, 0.1) is 19.8 Å². The predicted octanol–water partition coefficient (Wildman–Crippen LogP) is 5.85. The van der Waals surface area contributed by atoms with Gasteiger partial charge in [-0.15, -0.1) is 0 Å². The van der Waals surface area contributed by atoms with E-state index in [0.717, 1.165) is 16.6 Å². The van der Waals surface area contributed by atoms with Gasteiger partial charge in [-0.3, -0.25) is 14.5 Å². The number of hydrogen-bond acceptors (Lipinski definition) is 6. The molecule has 1 aliphatic heterocycles. The number of imidazole rings is 1. The minimum Gasteiger partial charge on any atom is -0.507 e. The molecule has 1 aliphatic rings. The van der Waals surface area contributed by atoms with E-state index in [9.17, 15) is 14.7 Å². The number of methoxy groups -OCH3 is 1. The third kappa shape index (κ3) is 4.85. The van der Waals surface area contributed by atoms with E-state index in [1.807, 2.05) is 39.8 Å². The molecule has 2 heterocycles. The highest BCUT2D eigenvalue weighted by molar-refractivity contribution is 6.51. The normalized spacial score (nSPS) is 16.9. The van der Waals surface area contributed by atoms with Gasteiger partial charge in [0.15, 0.2) is 0 Å². The molecule has 2 N–H and O–H groups in total. The number of benzene rings is 3. The minimum atomic E-state index is -0.918. The smallest absolute Gasteiger partial charge is 0.302 e. The highest BCUT2D eigenvalue weighted by Crippen LogP contribution is 2.42. The molecular weight excluding hydrogens is 494 g/mol. The standard InChI is InChI=1S/C31H31N3O5/c1-17(2)16-39-23-8-6-7-21(15-23)28(35)26-27(20-9-11-22(38-5)12-10-20)34(30(37)29(26)36)31-32-24-13-18(3)19(4)14-25(24)33-31/h6-15,17,27,35H,16H2,1-5H3,(H,32,33)/b28-26+. The number of nitrogens with zero attached hydrogens (tertiary/aromatic N) is 2. The number of aryl methyl sites for hydroxylation is 2. The lowest BCUT2D eigenvalue weighted by Gasteiger charge is -2.23. The number of carbonyl (C=O) groups is 2. The van der Waals surface area contributed by atoms with E-state index in [0.29, 0.717) is 40.7 Å². The summed E-state index contributed by atoms with van der Waals surface area (Å²) >= 11 is 0. The van der Waals surface area contributed by atoms with Crippen LogP contribution < -0.4 is 14.4 Å². The molecule has 8 nitrogen and oxygen atoms in total. The molecule has 3 aromatic carbocycles. The summed E-state index contributed by atoms with van der Waals surface area (Å²) in [6, 6.07) is 16.9. The number of anilines is 1. The third-order valence-electron chi connectivity index (χ3n) is 6.88. The number of aromatic nitrogens is 2. The van der Waals surface area contributed by atoms with Gasteiger partial charge in [-0.2, -0.15) is 0 Å². The largest absolute Gasteiger partial charge is 0.507 e. The molecule has 200 valence electrons. The molecule has 1 atom stereocenters. The topological polar surface area (TPSA) is 105 Å². The number of aliphatic hydroxyl groups is 1. The molecule has 39 heavy (non-hydrogen) atoms. The second kappa shape index (κ2) is 10.3. The number of hydrogen-bond donors (Lipinski definition) is 2. The van der Waals surface area contributed by atoms with Crippen LogP contribution in [0.25, 0.3) is 16.8 Å². The SMILES string of the molecule is COc1ccc(C2/C(=C(\O)c3cccc(OCC(C)C)c3)C(=O)C(=O)N2c2nc3cc(C)c(C)cc3[nH]2)cc1. The van der Waals surface area contributed by atoms with Crippen LogP contribution in [0.2, 0.25) is 0 Å². The van der Waals surface area contributed by atoms with Crippen molar-refractivity contribution in [2.75, 3.05) is 18.6 Å². The lowest BCUT2D eigenvalue weighted by atomic mass is 9.95. The van der Waals surface area contributed by atoms with E-state index in [-0.39, 0.29) is 17.3 Å². The fourth-order valence-corrected chi connectivity index (χ4v) is 4.67. The molecule has 0 spiro atoms. The monoisotopic (exact) mass is 525 g/mol. The van der Waals surface area contributed by atoms with E-state index >= 15 is 0 Å². The summed E-state index contributed by atoms with van der Waals surface area (Å²) in [4.78, 5) is 36.3. The minimum absolute atomic E-state index is 0.0287. The maximum Gasteiger partial charge on any atom is 0.302 e. The van der Waals surface area contributed by atoms with Gasteiger partial charge < -0.3 is 19.6 Å². The number of H-pyrrole nitrogens is 1. The van der Waals surface area contributed by atoms with Gasteiger partial charge in [-0.05, 0) is 72.9 Å². The first-order chi connectivity index (χ1) is 18.7. The lowest BCUT2D eigenvalue weighted by Crippen LogP contribution is -2.30. The van der Waals surface area contributed by atoms with Crippen LogP contribution in [0.1, 0.15) is 42.1 Å². The first-order valence-corrected chi connectivity index (χ1v) is 12.8. The molecule has 5 rings (SSSR count). The zero-order valence-corrected chi connectivity index (χ0v) is 22.6. The highest BCUT2D eigenvalue weighted by Gasteiger charge is 2.48. The number of Topliss-reactive ketones (excluding diaryl/α,β-unsaturated/α-hetero) is 1. The quantitative estimate of drug-likeness (QED) is 0.178. The Morgan fingerprint density at radius 2 is 1.74 bits per heavy atom. The van der Waals surface area contributed by atoms with Crippen molar-refractivity contribution in [3.05, 3.63) is 88.5 Å². The maximum absolute atomic E-state index is 13.5. The number of nitrogens with one attached hydrogen (secondary N) is 1. The number of amides is 1. The van der Waals surface area contributed by atoms with Crippen molar-refractivity contribution in [1.82, 2.24) is 9.97 Å². The summed E-state index contributed by atoms with van der Waals surface area (Å²) < 4.78 is 11.1. The van der Waals surface area contributed by atoms with Gasteiger partial charge in [-0.25, -0.2) is 4.98 Å². The van der Waals surface area contributed by atoms with E-state index in [4.69, 9.17) is 9.47 Å². The summed E-state index contributed by atoms with van der Waals surface area (Å²) in [7, 11) is 1.56. The number of aromatic amines is 1. The molecule has 4 aromatic rings. The van der Waals surface area contributed by atoms with Crippen molar-refractivity contribution in [3.63, 3.8) is 0 Å². The fourth-order valence-electron chi connectivity index (χ4n) is 4.67. The lowest BCUT2D eigenvalue weighted by molar-refractivity contribution is -0.132. The first-order valence-electron chi connectivity index (χ1n) is 12.8. The zero-order chi connectivity index (χ0) is 27.8. The van der Waals surface area contributed by atoms with Gasteiger partial charge in [0, 0.05) is 5.56 Å². The van der Waals surface area contributed by atoms with Gasteiger partial charge in [0.05, 0.1) is 36.4 Å². The van der Waals surface area contributed by atoms with Gasteiger partial charge in [0.2, 0.25) is 5.95 Å². The second-order valence-electron chi connectivity index (χ2n) is 10.2. The number of ketones is 1. The van der Waals surface area contributed by atoms with E-state index < -0.39 is 17.7 Å². The second-order valence-corrected chi connectivity index (χ2v) is 10.2. The van der Waals surface area contributed by atoms with Crippen molar-refractivity contribution in [2.45, 2.75) is 33.7 Å². The van der Waals surface area contributed by atoms with Crippen molar-refractivity contribution >= 4 is 34.4 Å². The summed E-state index contributed by atoms with van der Waals surface area (Å²) in [6.45, 7) is 8.58. The maximum atomic E-state index is 13.5. The Morgan fingerprint density at radius 1 is 1.03 bits per heavy atom. The average molecular weight is 526 g/mol. The van der Waals surface area contributed by atoms with Crippen LogP contribution in [-0.2, 0) is 9.59 Å². The molecule has 1 fully saturated rings. The van der Waals surface area contributed by atoms with Crippen molar-refractivity contribution in [3.8, 4) is 11.5 Å². The van der Waals surface area contributed by atoms with Crippen LogP contribution in [-0.4, -0.2) is 40.5 Å². The van der Waals surface area contributed by atoms with Crippen molar-refractivity contribution < 1.29 is 24.2 Å². The van der Waals surface area contributed by atoms with Crippen LogP contribution >= 0.6 is 0 Å². The number of aliphatic hydroxyl groups excluding tert-OH is 1. The Labute approximate surface area is 226 Å². The van der Waals surface area contributed by atoms with E-state index in [1.165, 1.54) is 4.90 Å². The summed E-state index contributed by atoms with van der Waals surface area (Å²) in [5, 5.41) is 11.5. The predicted molar refractivity (Wildman–Crippen MR) is 150 cm³/mol. The number of carbonyl (C=O) groups excluding carboxylic acids is 2. The molecule has 8 heteroatoms. The molecule has 0 aliphatic carbocycles.